The number of hydrogen-bond donors (Lipinski definition) is 1. The van der Waals surface area contributed by atoms with Crippen LogP contribution in [0.2, 0.25) is 0 Å². The Morgan fingerprint density at radius 2 is 1.86 bits per heavy atom. The first-order chi connectivity index (χ1) is 12.1. The number of nitrogens with two attached hydrogens (primary N) is 1. The summed E-state index contributed by atoms with van der Waals surface area (Å²) < 4.78 is 11.2. The summed E-state index contributed by atoms with van der Waals surface area (Å²) in [5, 5.41) is 0. The Kier molecular flexibility index (Phi) is 12.7. The zero-order valence-electron chi connectivity index (χ0n) is 16.5. The molecule has 3 heterocycles. The molecule has 164 valence electrons. The van der Waals surface area contributed by atoms with E-state index in [1.807, 2.05) is 4.90 Å². The lowest BCUT2D eigenvalue weighted by atomic mass is 10.2. The SMILES string of the molecule is CC(C)N1CCOC(CN2CCN(C(=O)c3coc(CN)c3)CC2)C1.Cl.Cl.Cl. The fraction of sp³-hybridized carbons (Fsp3) is 0.722. The van der Waals surface area contributed by atoms with Crippen molar-refractivity contribution >= 4 is 43.1 Å². The molecular weight excluding hydrogens is 427 g/mol. The van der Waals surface area contributed by atoms with E-state index in [-0.39, 0.29) is 49.2 Å². The Bertz CT molecular complexity index is 580. The molecule has 2 saturated heterocycles. The van der Waals surface area contributed by atoms with Crippen molar-refractivity contribution in [2.24, 2.45) is 5.73 Å². The molecule has 1 unspecified atom stereocenters. The largest absolute Gasteiger partial charge is 0.467 e. The van der Waals surface area contributed by atoms with Crippen LogP contribution in [-0.4, -0.2) is 85.2 Å². The summed E-state index contributed by atoms with van der Waals surface area (Å²) in [5.41, 5.74) is 6.13. The van der Waals surface area contributed by atoms with Crippen LogP contribution >= 0.6 is 37.2 Å². The second-order valence-corrected chi connectivity index (χ2v) is 7.18. The number of piperazine rings is 1. The molecule has 0 spiro atoms. The first-order valence-electron chi connectivity index (χ1n) is 9.21. The summed E-state index contributed by atoms with van der Waals surface area (Å²) in [4.78, 5) is 19.3. The molecule has 7 nitrogen and oxygen atoms in total. The molecule has 2 fully saturated rings. The maximum atomic E-state index is 12.5. The number of hydrogen-bond acceptors (Lipinski definition) is 6. The number of carbonyl (C=O) groups excluding carboxylic acids is 1. The van der Waals surface area contributed by atoms with Crippen LogP contribution in [0, 0.1) is 0 Å². The number of carbonyl (C=O) groups is 1. The lowest BCUT2D eigenvalue weighted by Crippen LogP contribution is -2.54. The lowest BCUT2D eigenvalue weighted by Gasteiger charge is -2.40. The highest BCUT2D eigenvalue weighted by Gasteiger charge is 2.27. The molecule has 0 saturated carbocycles. The van der Waals surface area contributed by atoms with Crippen molar-refractivity contribution in [3.05, 3.63) is 23.7 Å². The molecule has 0 radical (unpaired) electrons. The summed E-state index contributed by atoms with van der Waals surface area (Å²) in [6.07, 6.45) is 1.77. The van der Waals surface area contributed by atoms with Crippen LogP contribution in [0.15, 0.2) is 16.7 Å². The third kappa shape index (κ3) is 7.06. The first kappa shape index (κ1) is 27.5. The summed E-state index contributed by atoms with van der Waals surface area (Å²) >= 11 is 0. The smallest absolute Gasteiger partial charge is 0.257 e. The third-order valence-electron chi connectivity index (χ3n) is 5.12. The predicted octanol–water partition coefficient (Wildman–Crippen LogP) is 1.87. The average molecular weight is 460 g/mol. The monoisotopic (exact) mass is 458 g/mol. The van der Waals surface area contributed by atoms with E-state index in [2.05, 4.69) is 23.6 Å². The van der Waals surface area contributed by atoms with Crippen molar-refractivity contribution in [2.75, 3.05) is 52.4 Å². The van der Waals surface area contributed by atoms with Gasteiger partial charge in [-0.1, -0.05) is 0 Å². The Labute approximate surface area is 186 Å². The minimum absolute atomic E-state index is 0. The van der Waals surface area contributed by atoms with Gasteiger partial charge < -0.3 is 19.8 Å². The fourth-order valence-corrected chi connectivity index (χ4v) is 3.53. The van der Waals surface area contributed by atoms with Gasteiger partial charge in [-0.05, 0) is 19.9 Å². The standard InChI is InChI=1S/C18H30N4O3.3ClH/c1-14(2)22-7-8-24-17(12-22)11-20-3-5-21(6-4-20)18(23)15-9-16(10-19)25-13-15;;;/h9,13-14,17H,3-8,10-12,19H2,1-2H3;3*1H. The van der Waals surface area contributed by atoms with E-state index in [1.165, 1.54) is 6.26 Å². The van der Waals surface area contributed by atoms with E-state index in [0.29, 0.717) is 23.9 Å². The van der Waals surface area contributed by atoms with Gasteiger partial charge in [0.1, 0.15) is 12.0 Å². The molecule has 0 bridgehead atoms. The van der Waals surface area contributed by atoms with Gasteiger partial charge in [0.2, 0.25) is 0 Å². The van der Waals surface area contributed by atoms with E-state index < -0.39 is 0 Å². The highest BCUT2D eigenvalue weighted by atomic mass is 35.5. The maximum absolute atomic E-state index is 12.5. The minimum atomic E-state index is 0. The quantitative estimate of drug-likeness (QED) is 0.724. The molecule has 28 heavy (non-hydrogen) atoms. The molecule has 1 atom stereocenters. The van der Waals surface area contributed by atoms with Gasteiger partial charge in [0.15, 0.2) is 0 Å². The Morgan fingerprint density at radius 1 is 1.18 bits per heavy atom. The van der Waals surface area contributed by atoms with Gasteiger partial charge in [-0.25, -0.2) is 0 Å². The number of rotatable bonds is 5. The maximum Gasteiger partial charge on any atom is 0.257 e. The number of nitrogens with zero attached hydrogens (tertiary/aromatic N) is 3. The Morgan fingerprint density at radius 3 is 2.43 bits per heavy atom. The molecule has 1 aromatic heterocycles. The van der Waals surface area contributed by atoms with Crippen LogP contribution in [0.4, 0.5) is 0 Å². The molecule has 1 aromatic rings. The molecule has 0 aromatic carbocycles. The van der Waals surface area contributed by atoms with Crippen LogP contribution in [0.5, 0.6) is 0 Å². The van der Waals surface area contributed by atoms with Gasteiger partial charge >= 0.3 is 0 Å². The van der Waals surface area contributed by atoms with Crippen molar-refractivity contribution < 1.29 is 13.9 Å². The highest BCUT2D eigenvalue weighted by molar-refractivity contribution is 5.94. The van der Waals surface area contributed by atoms with Gasteiger partial charge in [-0.15, -0.1) is 37.2 Å². The highest BCUT2D eigenvalue weighted by Crippen LogP contribution is 2.14. The number of ether oxygens (including phenoxy) is 1. The minimum Gasteiger partial charge on any atom is -0.467 e. The average Bonchev–Trinajstić information content (AvgIpc) is 3.11. The molecule has 1 amide bonds. The molecular formula is C18H33Cl3N4O3. The van der Waals surface area contributed by atoms with E-state index in [0.717, 1.165) is 52.4 Å². The second-order valence-electron chi connectivity index (χ2n) is 7.18. The number of halogens is 3. The summed E-state index contributed by atoms with van der Waals surface area (Å²) in [5.74, 6) is 0.675. The summed E-state index contributed by atoms with van der Waals surface area (Å²) in [6.45, 7) is 11.8. The normalized spacial score (nSPS) is 20.9. The lowest BCUT2D eigenvalue weighted by molar-refractivity contribution is -0.0555. The first-order valence-corrected chi connectivity index (χ1v) is 9.21. The van der Waals surface area contributed by atoms with Gasteiger partial charge in [0.25, 0.3) is 5.91 Å². The molecule has 2 N–H and O–H groups in total. The van der Waals surface area contributed by atoms with Crippen molar-refractivity contribution in [2.45, 2.75) is 32.5 Å². The zero-order valence-corrected chi connectivity index (χ0v) is 19.0. The number of furan rings is 1. The predicted molar refractivity (Wildman–Crippen MR) is 117 cm³/mol. The van der Waals surface area contributed by atoms with Crippen molar-refractivity contribution in [3.63, 3.8) is 0 Å². The van der Waals surface area contributed by atoms with E-state index in [4.69, 9.17) is 14.9 Å². The van der Waals surface area contributed by atoms with Crippen LogP contribution in [0.1, 0.15) is 30.0 Å². The second kappa shape index (κ2) is 12.9. The van der Waals surface area contributed by atoms with Crippen molar-refractivity contribution in [3.8, 4) is 0 Å². The van der Waals surface area contributed by atoms with Gasteiger partial charge in [-0.3, -0.25) is 14.6 Å². The number of amides is 1. The van der Waals surface area contributed by atoms with Crippen LogP contribution in [0.3, 0.4) is 0 Å². The number of morpholine rings is 1. The molecule has 2 aliphatic heterocycles. The van der Waals surface area contributed by atoms with Crippen LogP contribution in [-0.2, 0) is 11.3 Å². The van der Waals surface area contributed by atoms with Gasteiger partial charge in [-0.2, -0.15) is 0 Å². The summed E-state index contributed by atoms with van der Waals surface area (Å²) in [7, 11) is 0. The fourth-order valence-electron chi connectivity index (χ4n) is 3.53. The molecule has 0 aliphatic carbocycles. The van der Waals surface area contributed by atoms with Crippen molar-refractivity contribution in [1.29, 1.82) is 0 Å². The molecule has 2 aliphatic rings. The van der Waals surface area contributed by atoms with E-state index >= 15 is 0 Å². The van der Waals surface area contributed by atoms with Gasteiger partial charge in [0, 0.05) is 51.9 Å². The zero-order chi connectivity index (χ0) is 17.8. The molecule has 3 rings (SSSR count). The van der Waals surface area contributed by atoms with Crippen LogP contribution in [0.25, 0.3) is 0 Å². The van der Waals surface area contributed by atoms with E-state index in [9.17, 15) is 4.79 Å². The van der Waals surface area contributed by atoms with Crippen molar-refractivity contribution in [1.82, 2.24) is 14.7 Å². The van der Waals surface area contributed by atoms with Crippen LogP contribution < -0.4 is 5.73 Å². The topological polar surface area (TPSA) is 75.2 Å². The van der Waals surface area contributed by atoms with E-state index in [1.54, 1.807) is 6.07 Å². The van der Waals surface area contributed by atoms with Gasteiger partial charge in [0.05, 0.1) is 24.8 Å². The Balaban J connectivity index is 0.00000243. The summed E-state index contributed by atoms with van der Waals surface area (Å²) in [6, 6.07) is 2.31. The Hall–Kier alpha value is -0.540. The molecule has 10 heteroatoms. The third-order valence-corrected chi connectivity index (χ3v) is 5.12.